The van der Waals surface area contributed by atoms with Gasteiger partial charge in [-0.05, 0) is 66.9 Å². The molecule has 1 aliphatic carbocycles. The van der Waals surface area contributed by atoms with E-state index < -0.39 is 0 Å². The van der Waals surface area contributed by atoms with Crippen molar-refractivity contribution in [3.63, 3.8) is 0 Å². The minimum absolute atomic E-state index is 0.0137. The van der Waals surface area contributed by atoms with Gasteiger partial charge in [0, 0.05) is 34.3 Å². The SMILES string of the molecule is O=C(Nc1ccc(O)c(-c2cc(C3CCCC3)n(C(=O)NCc3ccccc3Cl)n2)c1)c1ccc2c(c1)OCO2. The molecule has 3 N–H and O–H groups in total. The number of aromatic hydroxyl groups is 1. The van der Waals surface area contributed by atoms with Crippen molar-refractivity contribution in [2.24, 2.45) is 0 Å². The van der Waals surface area contributed by atoms with E-state index in [-0.39, 0.29) is 36.9 Å². The van der Waals surface area contributed by atoms with Gasteiger partial charge in [0.25, 0.3) is 5.91 Å². The van der Waals surface area contributed by atoms with E-state index >= 15 is 0 Å². The van der Waals surface area contributed by atoms with E-state index in [2.05, 4.69) is 15.7 Å². The van der Waals surface area contributed by atoms with Crippen LogP contribution in [0.25, 0.3) is 11.3 Å². The summed E-state index contributed by atoms with van der Waals surface area (Å²) < 4.78 is 12.1. The quantitative estimate of drug-likeness (QED) is 0.239. The average molecular weight is 559 g/mol. The van der Waals surface area contributed by atoms with Gasteiger partial charge in [0.2, 0.25) is 6.79 Å². The van der Waals surface area contributed by atoms with Crippen molar-refractivity contribution in [3.8, 4) is 28.5 Å². The van der Waals surface area contributed by atoms with E-state index in [0.717, 1.165) is 36.9 Å². The molecule has 10 heteroatoms. The van der Waals surface area contributed by atoms with Crippen molar-refractivity contribution < 1.29 is 24.2 Å². The average Bonchev–Trinajstić information content (AvgIpc) is 3.74. The second-order valence-corrected chi connectivity index (χ2v) is 10.3. The Hall–Kier alpha value is -4.50. The molecule has 0 bridgehead atoms. The number of phenolic OH excluding ortho intramolecular Hbond substituents is 1. The van der Waals surface area contributed by atoms with Gasteiger partial charge in [-0.2, -0.15) is 9.78 Å². The summed E-state index contributed by atoms with van der Waals surface area (Å²) in [5, 5.41) is 21.7. The smallest absolute Gasteiger partial charge is 0.342 e. The maximum atomic E-state index is 13.3. The monoisotopic (exact) mass is 558 g/mol. The Morgan fingerprint density at radius 2 is 1.80 bits per heavy atom. The lowest BCUT2D eigenvalue weighted by Crippen LogP contribution is -2.30. The number of nitrogens with zero attached hydrogens (tertiary/aromatic N) is 2. The third-order valence-electron chi connectivity index (χ3n) is 7.26. The number of nitrogens with one attached hydrogen (secondary N) is 2. The fourth-order valence-electron chi connectivity index (χ4n) is 5.15. The first-order valence-corrected chi connectivity index (χ1v) is 13.5. The van der Waals surface area contributed by atoms with Gasteiger partial charge in [0.05, 0.1) is 11.4 Å². The Balaban J connectivity index is 1.26. The molecule has 6 rings (SSSR count). The van der Waals surface area contributed by atoms with Crippen molar-refractivity contribution in [1.29, 1.82) is 0 Å². The summed E-state index contributed by atoms with van der Waals surface area (Å²) in [6.07, 6.45) is 4.08. The number of phenols is 1. The van der Waals surface area contributed by atoms with Crippen LogP contribution in [-0.2, 0) is 6.54 Å². The molecule has 0 atom stereocenters. The Bertz CT molecular complexity index is 1590. The lowest BCUT2D eigenvalue weighted by atomic mass is 10.0. The van der Waals surface area contributed by atoms with Crippen molar-refractivity contribution in [2.75, 3.05) is 12.1 Å². The van der Waals surface area contributed by atoms with Crippen molar-refractivity contribution in [2.45, 2.75) is 38.1 Å². The fourth-order valence-corrected chi connectivity index (χ4v) is 5.35. The molecule has 3 aromatic carbocycles. The molecule has 1 aromatic heterocycles. The summed E-state index contributed by atoms with van der Waals surface area (Å²) in [7, 11) is 0. The highest BCUT2D eigenvalue weighted by Gasteiger charge is 2.26. The third kappa shape index (κ3) is 5.20. The number of carbonyl (C=O) groups excluding carboxylic acids is 2. The number of ether oxygens (including phenoxy) is 2. The molecule has 0 spiro atoms. The van der Waals surface area contributed by atoms with E-state index in [1.54, 1.807) is 36.4 Å². The number of carbonyl (C=O) groups is 2. The Morgan fingerprint density at radius 3 is 2.62 bits per heavy atom. The van der Waals surface area contributed by atoms with Gasteiger partial charge < -0.3 is 25.2 Å². The van der Waals surface area contributed by atoms with E-state index in [1.807, 2.05) is 24.3 Å². The van der Waals surface area contributed by atoms with Gasteiger partial charge in [-0.15, -0.1) is 0 Å². The van der Waals surface area contributed by atoms with E-state index in [0.29, 0.717) is 39.0 Å². The molecular formula is C30H27ClN4O5. The molecule has 4 aromatic rings. The predicted octanol–water partition coefficient (Wildman–Crippen LogP) is 6.31. The normalized spacial score (nSPS) is 14.3. The minimum Gasteiger partial charge on any atom is -0.507 e. The van der Waals surface area contributed by atoms with E-state index in [1.165, 1.54) is 10.7 Å². The third-order valence-corrected chi connectivity index (χ3v) is 7.62. The van der Waals surface area contributed by atoms with Crippen LogP contribution in [0.2, 0.25) is 5.02 Å². The first-order chi connectivity index (χ1) is 19.5. The first kappa shape index (κ1) is 25.8. The van der Waals surface area contributed by atoms with Crippen LogP contribution in [0.3, 0.4) is 0 Å². The van der Waals surface area contributed by atoms with Crippen LogP contribution < -0.4 is 20.1 Å². The Labute approximate surface area is 235 Å². The van der Waals surface area contributed by atoms with Crippen LogP contribution in [-0.4, -0.2) is 33.6 Å². The number of hydrogen-bond acceptors (Lipinski definition) is 6. The number of amides is 2. The standard InChI is InChI=1S/C30H27ClN4O5/c31-23-8-4-3-7-20(23)16-32-30(38)35-25(18-5-1-2-6-18)15-24(34-35)22-14-21(10-11-26(22)36)33-29(37)19-9-12-27-28(13-19)40-17-39-27/h3-4,7-15,18,36H,1-2,5-6,16-17H2,(H,32,38)(H,33,37). The zero-order chi connectivity index (χ0) is 27.6. The fraction of sp³-hybridized carbons (Fsp3) is 0.233. The summed E-state index contributed by atoms with van der Waals surface area (Å²) in [6.45, 7) is 0.375. The minimum atomic E-state index is -0.375. The van der Waals surface area contributed by atoms with Crippen LogP contribution >= 0.6 is 11.6 Å². The second-order valence-electron chi connectivity index (χ2n) is 9.85. The van der Waals surface area contributed by atoms with Gasteiger partial charge in [-0.1, -0.05) is 42.6 Å². The molecular weight excluding hydrogens is 532 g/mol. The van der Waals surface area contributed by atoms with Crippen LogP contribution in [0, 0.1) is 0 Å². The van der Waals surface area contributed by atoms with Gasteiger partial charge in [0.1, 0.15) is 5.75 Å². The largest absolute Gasteiger partial charge is 0.507 e. The molecule has 204 valence electrons. The van der Waals surface area contributed by atoms with Crippen molar-refractivity contribution >= 4 is 29.2 Å². The van der Waals surface area contributed by atoms with Gasteiger partial charge >= 0.3 is 6.03 Å². The van der Waals surface area contributed by atoms with Crippen molar-refractivity contribution in [3.05, 3.63) is 88.6 Å². The van der Waals surface area contributed by atoms with Crippen LogP contribution in [0.5, 0.6) is 17.2 Å². The lowest BCUT2D eigenvalue weighted by molar-refractivity contribution is 0.102. The Morgan fingerprint density at radius 1 is 1.00 bits per heavy atom. The number of fused-ring (bicyclic) bond motifs is 1. The highest BCUT2D eigenvalue weighted by atomic mass is 35.5. The van der Waals surface area contributed by atoms with Crippen LogP contribution in [0.4, 0.5) is 10.5 Å². The maximum absolute atomic E-state index is 13.3. The number of halogens is 1. The molecule has 0 unspecified atom stereocenters. The van der Waals surface area contributed by atoms with E-state index in [9.17, 15) is 14.7 Å². The molecule has 2 aliphatic rings. The molecule has 1 saturated carbocycles. The first-order valence-electron chi connectivity index (χ1n) is 13.1. The van der Waals surface area contributed by atoms with Crippen LogP contribution in [0.1, 0.15) is 53.2 Å². The zero-order valence-electron chi connectivity index (χ0n) is 21.5. The number of anilines is 1. The molecule has 1 aliphatic heterocycles. The second kappa shape index (κ2) is 10.9. The summed E-state index contributed by atoms with van der Waals surface area (Å²) in [5.74, 6) is 0.930. The highest BCUT2D eigenvalue weighted by molar-refractivity contribution is 6.31. The van der Waals surface area contributed by atoms with Gasteiger partial charge in [0.15, 0.2) is 11.5 Å². The molecule has 9 nitrogen and oxygen atoms in total. The molecule has 40 heavy (non-hydrogen) atoms. The predicted molar refractivity (Wildman–Crippen MR) is 150 cm³/mol. The number of benzene rings is 3. The number of hydrogen-bond donors (Lipinski definition) is 3. The zero-order valence-corrected chi connectivity index (χ0v) is 22.3. The molecule has 2 heterocycles. The van der Waals surface area contributed by atoms with Gasteiger partial charge in [-0.3, -0.25) is 4.79 Å². The summed E-state index contributed by atoms with van der Waals surface area (Å²) in [5.41, 5.74) is 3.30. The molecule has 0 saturated heterocycles. The lowest BCUT2D eigenvalue weighted by Gasteiger charge is -2.12. The number of aromatic nitrogens is 2. The van der Waals surface area contributed by atoms with Crippen LogP contribution in [0.15, 0.2) is 66.7 Å². The highest BCUT2D eigenvalue weighted by Crippen LogP contribution is 2.38. The van der Waals surface area contributed by atoms with Gasteiger partial charge in [-0.25, -0.2) is 4.79 Å². The molecule has 0 radical (unpaired) electrons. The number of rotatable bonds is 6. The topological polar surface area (TPSA) is 115 Å². The van der Waals surface area contributed by atoms with Crippen molar-refractivity contribution in [1.82, 2.24) is 15.1 Å². The summed E-state index contributed by atoms with van der Waals surface area (Å²) >= 11 is 6.26. The molecule has 1 fully saturated rings. The Kier molecular flexibility index (Phi) is 7.04. The maximum Gasteiger partial charge on any atom is 0.342 e. The molecule has 2 amide bonds. The van der Waals surface area contributed by atoms with E-state index in [4.69, 9.17) is 21.1 Å². The summed E-state index contributed by atoms with van der Waals surface area (Å²) in [4.78, 5) is 26.2. The summed E-state index contributed by atoms with van der Waals surface area (Å²) in [6, 6.07) is 18.5.